The van der Waals surface area contributed by atoms with Gasteiger partial charge in [-0.15, -0.1) is 0 Å². The Morgan fingerprint density at radius 1 is 0.958 bits per heavy atom. The summed E-state index contributed by atoms with van der Waals surface area (Å²) in [6.45, 7) is 10.3. The van der Waals surface area contributed by atoms with E-state index in [9.17, 15) is 0 Å². The number of nitrogens with one attached hydrogen (secondary N) is 1. The minimum absolute atomic E-state index is 0.643. The zero-order chi connectivity index (χ0) is 17.1. The van der Waals surface area contributed by atoms with Gasteiger partial charge in [-0.25, -0.2) is 4.98 Å². The molecule has 3 rings (SSSR count). The molecule has 3 aromatic rings. The number of hydrogen-bond acceptors (Lipinski definition) is 4. The molecule has 24 heavy (non-hydrogen) atoms. The second-order valence-corrected chi connectivity index (χ2v) is 6.00. The number of fused-ring (bicyclic) bond motifs is 1. The van der Waals surface area contributed by atoms with Gasteiger partial charge in [-0.05, 0) is 57.0 Å². The summed E-state index contributed by atoms with van der Waals surface area (Å²) in [4.78, 5) is 11.8. The molecule has 1 aromatic heterocycles. The van der Waals surface area contributed by atoms with Crippen molar-refractivity contribution in [2.45, 2.75) is 27.7 Å². The summed E-state index contributed by atoms with van der Waals surface area (Å²) in [5, 5.41) is 4.49. The highest BCUT2D eigenvalue weighted by Crippen LogP contribution is 2.27. The van der Waals surface area contributed by atoms with Crippen molar-refractivity contribution in [1.29, 1.82) is 0 Å². The van der Waals surface area contributed by atoms with Crippen molar-refractivity contribution >= 4 is 28.4 Å². The Hall–Kier alpha value is -2.62. The number of anilines is 3. The zero-order valence-corrected chi connectivity index (χ0v) is 14.8. The SMILES string of the molecule is CCN(CC)c1nc(Nc2cc(C)ccc2C)nc2ccccc12. The van der Waals surface area contributed by atoms with Crippen LogP contribution in [0.25, 0.3) is 10.9 Å². The molecule has 0 fully saturated rings. The van der Waals surface area contributed by atoms with Crippen LogP contribution < -0.4 is 10.2 Å². The maximum atomic E-state index is 4.81. The number of hydrogen-bond donors (Lipinski definition) is 1. The molecule has 0 aliphatic rings. The Labute approximate surface area is 143 Å². The summed E-state index contributed by atoms with van der Waals surface area (Å²) in [6.07, 6.45) is 0. The molecule has 4 nitrogen and oxygen atoms in total. The van der Waals surface area contributed by atoms with Crippen molar-refractivity contribution in [2.75, 3.05) is 23.3 Å². The Balaban J connectivity index is 2.10. The third kappa shape index (κ3) is 3.18. The van der Waals surface area contributed by atoms with Crippen LogP contribution in [0.2, 0.25) is 0 Å². The average molecular weight is 320 g/mol. The fourth-order valence-corrected chi connectivity index (χ4v) is 2.87. The normalized spacial score (nSPS) is 10.8. The molecule has 0 saturated heterocycles. The van der Waals surface area contributed by atoms with E-state index in [2.05, 4.69) is 62.2 Å². The first-order chi connectivity index (χ1) is 11.6. The molecule has 0 atom stereocenters. The maximum Gasteiger partial charge on any atom is 0.229 e. The van der Waals surface area contributed by atoms with E-state index >= 15 is 0 Å². The molecule has 0 unspecified atom stereocenters. The molecular weight excluding hydrogens is 296 g/mol. The second-order valence-electron chi connectivity index (χ2n) is 6.00. The first-order valence-corrected chi connectivity index (χ1v) is 8.48. The molecule has 0 aliphatic carbocycles. The van der Waals surface area contributed by atoms with Crippen LogP contribution in [0.15, 0.2) is 42.5 Å². The monoisotopic (exact) mass is 320 g/mol. The van der Waals surface area contributed by atoms with Gasteiger partial charge in [-0.3, -0.25) is 0 Å². The van der Waals surface area contributed by atoms with Gasteiger partial charge >= 0.3 is 0 Å². The predicted molar refractivity (Wildman–Crippen MR) is 102 cm³/mol. The Morgan fingerprint density at radius 3 is 2.46 bits per heavy atom. The fraction of sp³-hybridized carbons (Fsp3) is 0.300. The molecular formula is C20H24N4. The maximum absolute atomic E-state index is 4.81. The zero-order valence-electron chi connectivity index (χ0n) is 14.8. The highest BCUT2D eigenvalue weighted by Gasteiger charge is 2.12. The van der Waals surface area contributed by atoms with E-state index in [0.717, 1.165) is 35.5 Å². The lowest BCUT2D eigenvalue weighted by Gasteiger charge is -2.22. The number of aromatic nitrogens is 2. The van der Waals surface area contributed by atoms with Gasteiger partial charge in [0, 0.05) is 24.2 Å². The van der Waals surface area contributed by atoms with Gasteiger partial charge in [0.05, 0.1) is 5.52 Å². The van der Waals surface area contributed by atoms with Crippen LogP contribution in [0.1, 0.15) is 25.0 Å². The topological polar surface area (TPSA) is 41.1 Å². The largest absolute Gasteiger partial charge is 0.356 e. The van der Waals surface area contributed by atoms with Gasteiger partial charge in [0.25, 0.3) is 0 Å². The molecule has 0 aliphatic heterocycles. The lowest BCUT2D eigenvalue weighted by atomic mass is 10.1. The third-order valence-electron chi connectivity index (χ3n) is 4.29. The number of rotatable bonds is 5. The Morgan fingerprint density at radius 2 is 1.71 bits per heavy atom. The highest BCUT2D eigenvalue weighted by atomic mass is 15.2. The van der Waals surface area contributed by atoms with Gasteiger partial charge in [0.2, 0.25) is 5.95 Å². The third-order valence-corrected chi connectivity index (χ3v) is 4.29. The van der Waals surface area contributed by atoms with Crippen molar-refractivity contribution < 1.29 is 0 Å². The molecule has 1 heterocycles. The highest BCUT2D eigenvalue weighted by molar-refractivity contribution is 5.90. The van der Waals surface area contributed by atoms with E-state index < -0.39 is 0 Å². The molecule has 1 N–H and O–H groups in total. The summed E-state index contributed by atoms with van der Waals surface area (Å²) in [5.74, 6) is 1.63. The molecule has 0 saturated carbocycles. The van der Waals surface area contributed by atoms with E-state index in [-0.39, 0.29) is 0 Å². The summed E-state index contributed by atoms with van der Waals surface area (Å²) in [7, 11) is 0. The number of nitrogens with zero attached hydrogens (tertiary/aromatic N) is 3. The fourth-order valence-electron chi connectivity index (χ4n) is 2.87. The van der Waals surface area contributed by atoms with Crippen LogP contribution >= 0.6 is 0 Å². The Kier molecular flexibility index (Phi) is 4.65. The van der Waals surface area contributed by atoms with Crippen LogP contribution in [-0.2, 0) is 0 Å². The van der Waals surface area contributed by atoms with Crippen LogP contribution in [0.3, 0.4) is 0 Å². The molecule has 4 heteroatoms. The van der Waals surface area contributed by atoms with Crippen molar-refractivity contribution in [1.82, 2.24) is 9.97 Å². The quantitative estimate of drug-likeness (QED) is 0.730. The number of benzene rings is 2. The van der Waals surface area contributed by atoms with E-state index in [1.165, 1.54) is 11.1 Å². The van der Waals surface area contributed by atoms with E-state index in [4.69, 9.17) is 9.97 Å². The summed E-state index contributed by atoms with van der Waals surface area (Å²) in [6, 6.07) is 14.5. The van der Waals surface area contributed by atoms with Crippen molar-refractivity contribution in [2.24, 2.45) is 0 Å². The molecule has 0 spiro atoms. The van der Waals surface area contributed by atoms with Gasteiger partial charge < -0.3 is 10.2 Å². The molecule has 2 aromatic carbocycles. The van der Waals surface area contributed by atoms with Gasteiger partial charge in [-0.2, -0.15) is 4.98 Å². The van der Waals surface area contributed by atoms with Crippen molar-refractivity contribution in [3.63, 3.8) is 0 Å². The molecule has 124 valence electrons. The minimum Gasteiger partial charge on any atom is -0.356 e. The Bertz CT molecular complexity index is 853. The van der Waals surface area contributed by atoms with Crippen LogP contribution in [0, 0.1) is 13.8 Å². The first-order valence-electron chi connectivity index (χ1n) is 8.48. The van der Waals surface area contributed by atoms with E-state index in [1.54, 1.807) is 0 Å². The minimum atomic E-state index is 0.643. The standard InChI is InChI=1S/C20H24N4/c1-5-24(6-2)19-16-9-7-8-10-17(16)21-20(23-19)22-18-13-14(3)11-12-15(18)4/h7-13H,5-6H2,1-4H3,(H,21,22,23). The van der Waals surface area contributed by atoms with Crippen molar-refractivity contribution in [3.05, 3.63) is 53.6 Å². The lowest BCUT2D eigenvalue weighted by molar-refractivity contribution is 0.850. The summed E-state index contributed by atoms with van der Waals surface area (Å²) >= 11 is 0. The van der Waals surface area contributed by atoms with E-state index in [0.29, 0.717) is 5.95 Å². The summed E-state index contributed by atoms with van der Waals surface area (Å²) in [5.41, 5.74) is 4.41. The number of para-hydroxylation sites is 1. The second kappa shape index (κ2) is 6.87. The van der Waals surface area contributed by atoms with Gasteiger partial charge in [0.15, 0.2) is 0 Å². The smallest absolute Gasteiger partial charge is 0.229 e. The van der Waals surface area contributed by atoms with Crippen molar-refractivity contribution in [3.8, 4) is 0 Å². The molecule has 0 radical (unpaired) electrons. The van der Waals surface area contributed by atoms with Gasteiger partial charge in [0.1, 0.15) is 5.82 Å². The van der Waals surface area contributed by atoms with Gasteiger partial charge in [-0.1, -0.05) is 24.3 Å². The van der Waals surface area contributed by atoms with E-state index in [1.807, 2.05) is 18.2 Å². The van der Waals surface area contributed by atoms with Crippen LogP contribution in [0.4, 0.5) is 17.5 Å². The average Bonchev–Trinajstić information content (AvgIpc) is 2.59. The predicted octanol–water partition coefficient (Wildman–Crippen LogP) is 4.84. The molecule has 0 amide bonds. The lowest BCUT2D eigenvalue weighted by Crippen LogP contribution is -2.23. The van der Waals surface area contributed by atoms with Crippen LogP contribution in [-0.4, -0.2) is 23.1 Å². The van der Waals surface area contributed by atoms with Crippen LogP contribution in [0.5, 0.6) is 0 Å². The molecule has 0 bridgehead atoms. The summed E-state index contributed by atoms with van der Waals surface area (Å²) < 4.78 is 0. The number of aryl methyl sites for hydroxylation is 2. The first kappa shape index (κ1) is 16.2.